The molecule has 6 rings (SSSR count). The van der Waals surface area contributed by atoms with Gasteiger partial charge in [0.2, 0.25) is 6.79 Å². The van der Waals surface area contributed by atoms with Crippen LogP contribution in [0.15, 0.2) is 24.5 Å². The van der Waals surface area contributed by atoms with Gasteiger partial charge in [0.25, 0.3) is 0 Å². The highest BCUT2D eigenvalue weighted by Gasteiger charge is 2.72. The molecule has 9 atom stereocenters. The standard InChI is InChI=1S/C38H56N2O4/c1-23(2)24-13-16-38(32(42)44-22-43-31(41)33(3,4)5)18-17-36(9)25(29(24)38)11-12-28-35(8)21-26-30(40-20-19-39-26)34(6,7)27(35)14-15-37(28,36)10/h19-20,24-25,27-29H,1,11-18,21-22H2,2-10H3/t24-,25+,27-,28+,29+,35-,36+,37+,38-/m0/s1. The highest BCUT2D eigenvalue weighted by molar-refractivity contribution is 5.79. The van der Waals surface area contributed by atoms with Crippen molar-refractivity contribution in [3.8, 4) is 0 Å². The smallest absolute Gasteiger partial charge is 0.315 e. The number of rotatable bonds is 4. The van der Waals surface area contributed by atoms with E-state index in [1.165, 1.54) is 36.2 Å². The van der Waals surface area contributed by atoms with Gasteiger partial charge in [-0.05, 0) is 131 Å². The largest absolute Gasteiger partial charge is 0.427 e. The zero-order chi connectivity index (χ0) is 32.1. The van der Waals surface area contributed by atoms with E-state index < -0.39 is 10.8 Å². The van der Waals surface area contributed by atoms with Crippen molar-refractivity contribution in [1.82, 2.24) is 9.97 Å². The lowest BCUT2D eigenvalue weighted by Crippen LogP contribution is -2.67. The summed E-state index contributed by atoms with van der Waals surface area (Å²) < 4.78 is 11.2. The van der Waals surface area contributed by atoms with Gasteiger partial charge in [-0.3, -0.25) is 19.6 Å². The van der Waals surface area contributed by atoms with Crippen LogP contribution in [0.5, 0.6) is 0 Å². The molecule has 6 nitrogen and oxygen atoms in total. The average molecular weight is 605 g/mol. The number of aromatic nitrogens is 2. The summed E-state index contributed by atoms with van der Waals surface area (Å²) >= 11 is 0. The molecule has 5 aliphatic rings. The van der Waals surface area contributed by atoms with E-state index in [9.17, 15) is 9.59 Å². The minimum atomic E-state index is -0.635. The zero-order valence-corrected chi connectivity index (χ0v) is 28.8. The van der Waals surface area contributed by atoms with E-state index in [0.29, 0.717) is 23.7 Å². The molecule has 0 amide bonds. The number of hydrogen-bond acceptors (Lipinski definition) is 6. The molecule has 4 saturated carbocycles. The number of carbonyl (C=O) groups excluding carboxylic acids is 2. The molecular weight excluding hydrogens is 548 g/mol. The third-order valence-corrected chi connectivity index (χ3v) is 14.5. The quantitative estimate of drug-likeness (QED) is 0.196. The fraction of sp³-hybridized carbons (Fsp3) is 0.789. The second kappa shape index (κ2) is 10.1. The Morgan fingerprint density at radius 1 is 0.886 bits per heavy atom. The van der Waals surface area contributed by atoms with Crippen LogP contribution in [0.25, 0.3) is 0 Å². The van der Waals surface area contributed by atoms with Crippen LogP contribution in [-0.4, -0.2) is 28.7 Å². The van der Waals surface area contributed by atoms with Crippen LogP contribution in [0.3, 0.4) is 0 Å². The van der Waals surface area contributed by atoms with Gasteiger partial charge < -0.3 is 9.47 Å². The van der Waals surface area contributed by atoms with Crippen molar-refractivity contribution in [2.24, 2.45) is 56.7 Å². The predicted molar refractivity (Wildman–Crippen MR) is 171 cm³/mol. The van der Waals surface area contributed by atoms with Crippen molar-refractivity contribution in [3.05, 3.63) is 35.9 Å². The molecule has 4 fully saturated rings. The maximum atomic E-state index is 14.1. The normalized spacial score (nSPS) is 42.1. The van der Waals surface area contributed by atoms with E-state index in [1.807, 2.05) is 33.2 Å². The van der Waals surface area contributed by atoms with Gasteiger partial charge in [-0.15, -0.1) is 0 Å². The molecule has 0 spiro atoms. The average Bonchev–Trinajstić information content (AvgIpc) is 3.34. The lowest BCUT2D eigenvalue weighted by Gasteiger charge is -2.72. The molecule has 5 aliphatic carbocycles. The van der Waals surface area contributed by atoms with Gasteiger partial charge in [-0.1, -0.05) is 46.8 Å². The van der Waals surface area contributed by atoms with Gasteiger partial charge in [0.1, 0.15) is 0 Å². The Morgan fingerprint density at radius 2 is 1.59 bits per heavy atom. The topological polar surface area (TPSA) is 78.4 Å². The number of nitrogens with zero attached hydrogens (tertiary/aromatic N) is 2. The van der Waals surface area contributed by atoms with Crippen LogP contribution < -0.4 is 0 Å². The van der Waals surface area contributed by atoms with Crippen molar-refractivity contribution >= 4 is 11.9 Å². The first-order valence-corrected chi connectivity index (χ1v) is 17.2. The molecule has 1 heterocycles. The Labute approximate surface area is 265 Å². The predicted octanol–water partition coefficient (Wildman–Crippen LogP) is 8.24. The lowest BCUT2D eigenvalue weighted by atomic mass is 9.32. The van der Waals surface area contributed by atoms with E-state index in [2.05, 4.69) is 48.1 Å². The number of esters is 2. The van der Waals surface area contributed by atoms with E-state index in [-0.39, 0.29) is 46.3 Å². The first-order valence-electron chi connectivity index (χ1n) is 17.2. The molecule has 44 heavy (non-hydrogen) atoms. The van der Waals surface area contributed by atoms with Crippen molar-refractivity contribution in [2.45, 2.75) is 126 Å². The number of ether oxygens (including phenoxy) is 2. The molecule has 1 aromatic rings. The van der Waals surface area contributed by atoms with Gasteiger partial charge >= 0.3 is 11.9 Å². The number of allylic oxidation sites excluding steroid dienone is 1. The monoisotopic (exact) mass is 604 g/mol. The molecule has 0 bridgehead atoms. The van der Waals surface area contributed by atoms with Crippen LogP contribution in [-0.2, 0) is 30.9 Å². The van der Waals surface area contributed by atoms with Crippen LogP contribution in [0.1, 0.15) is 125 Å². The zero-order valence-electron chi connectivity index (χ0n) is 28.8. The molecule has 0 aromatic carbocycles. The highest BCUT2D eigenvalue weighted by atomic mass is 16.7. The third kappa shape index (κ3) is 4.24. The van der Waals surface area contributed by atoms with E-state index >= 15 is 0 Å². The fourth-order valence-electron chi connectivity index (χ4n) is 12.4. The molecule has 0 radical (unpaired) electrons. The Bertz CT molecular complexity index is 1360. The van der Waals surface area contributed by atoms with Gasteiger partial charge in [0.05, 0.1) is 22.2 Å². The minimum absolute atomic E-state index is 0.00586. The summed E-state index contributed by atoms with van der Waals surface area (Å²) in [6, 6.07) is 0. The van der Waals surface area contributed by atoms with Crippen LogP contribution >= 0.6 is 0 Å². The molecule has 0 aliphatic heterocycles. The third-order valence-electron chi connectivity index (χ3n) is 14.5. The van der Waals surface area contributed by atoms with Crippen molar-refractivity contribution < 1.29 is 19.1 Å². The van der Waals surface area contributed by atoms with E-state index in [4.69, 9.17) is 19.4 Å². The molecule has 0 N–H and O–H groups in total. The number of hydrogen-bond donors (Lipinski definition) is 0. The molecular formula is C38H56N2O4. The van der Waals surface area contributed by atoms with Gasteiger partial charge in [0, 0.05) is 17.8 Å². The summed E-state index contributed by atoms with van der Waals surface area (Å²) in [6.45, 7) is 24.4. The number of carbonyl (C=O) groups is 2. The summed E-state index contributed by atoms with van der Waals surface area (Å²) in [5.41, 5.74) is 2.85. The van der Waals surface area contributed by atoms with Crippen molar-refractivity contribution in [2.75, 3.05) is 6.79 Å². The summed E-state index contributed by atoms with van der Waals surface area (Å²) in [7, 11) is 0. The van der Waals surface area contributed by atoms with Crippen molar-refractivity contribution in [1.29, 1.82) is 0 Å². The Hall–Kier alpha value is -2.24. The van der Waals surface area contributed by atoms with Gasteiger partial charge in [-0.25, -0.2) is 0 Å². The second-order valence-electron chi connectivity index (χ2n) is 17.8. The summed E-state index contributed by atoms with van der Waals surface area (Å²) in [4.78, 5) is 36.3. The first-order chi connectivity index (χ1) is 20.4. The van der Waals surface area contributed by atoms with Crippen LogP contribution in [0.4, 0.5) is 0 Å². The maximum Gasteiger partial charge on any atom is 0.315 e. The number of fused-ring (bicyclic) bond motifs is 8. The summed E-state index contributed by atoms with van der Waals surface area (Å²) in [5.74, 6) is 1.59. The fourth-order valence-corrected chi connectivity index (χ4v) is 12.4. The minimum Gasteiger partial charge on any atom is -0.427 e. The molecule has 6 heteroatoms. The molecule has 0 unspecified atom stereocenters. The van der Waals surface area contributed by atoms with Crippen LogP contribution in [0, 0.1) is 56.7 Å². The SMILES string of the molecule is C=C(C)[C@@H]1CC[C@]2(C(=O)OCOC(=O)C(C)(C)C)CC[C@]3(C)[C@H](CC[C@@H]4[C@@]5(C)Cc6nccnc6C(C)(C)[C@@H]5CC[C@]43C)[C@@H]12. The highest BCUT2D eigenvalue weighted by Crippen LogP contribution is 2.77. The second-order valence-corrected chi connectivity index (χ2v) is 17.8. The summed E-state index contributed by atoms with van der Waals surface area (Å²) in [6.07, 6.45) is 13.2. The Morgan fingerprint density at radius 3 is 2.27 bits per heavy atom. The van der Waals surface area contributed by atoms with Gasteiger partial charge in [0.15, 0.2) is 0 Å². The molecule has 242 valence electrons. The van der Waals surface area contributed by atoms with Gasteiger partial charge in [-0.2, -0.15) is 0 Å². The maximum absolute atomic E-state index is 14.1. The Kier molecular flexibility index (Phi) is 7.30. The lowest BCUT2D eigenvalue weighted by molar-refractivity contribution is -0.231. The van der Waals surface area contributed by atoms with Crippen molar-refractivity contribution in [3.63, 3.8) is 0 Å². The summed E-state index contributed by atoms with van der Waals surface area (Å²) in [5, 5.41) is 0. The van der Waals surface area contributed by atoms with E-state index in [0.717, 1.165) is 38.5 Å². The molecule has 0 saturated heterocycles. The first kappa shape index (κ1) is 31.7. The molecule has 1 aromatic heterocycles. The van der Waals surface area contributed by atoms with E-state index in [1.54, 1.807) is 0 Å². The van der Waals surface area contributed by atoms with Crippen LogP contribution in [0.2, 0.25) is 0 Å². The Balaban J connectivity index is 1.33.